The lowest BCUT2D eigenvalue weighted by molar-refractivity contribution is 0.0661. The molecule has 0 unspecified atom stereocenters. The number of nitrogens with zero attached hydrogens (tertiary/aromatic N) is 3. The molecule has 1 amide bonds. The van der Waals surface area contributed by atoms with Gasteiger partial charge in [-0.05, 0) is 46.0 Å². The van der Waals surface area contributed by atoms with Crippen LogP contribution in [0, 0.1) is 5.92 Å². The summed E-state index contributed by atoms with van der Waals surface area (Å²) < 4.78 is 1.88. The molecule has 4 heteroatoms. The Kier molecular flexibility index (Phi) is 5.30. The number of hydrogen-bond donors (Lipinski definition) is 0. The van der Waals surface area contributed by atoms with Crippen molar-refractivity contribution in [2.24, 2.45) is 5.92 Å². The maximum Gasteiger partial charge on any atom is 0.257 e. The number of amides is 1. The minimum absolute atomic E-state index is 0.0886. The van der Waals surface area contributed by atoms with Crippen molar-refractivity contribution in [1.82, 2.24) is 14.7 Å². The second-order valence-electron chi connectivity index (χ2n) is 7.98. The van der Waals surface area contributed by atoms with Crippen molar-refractivity contribution < 1.29 is 4.79 Å². The standard InChI is InChI=1S/C18H31N3O/c1-14(2)11-16-9-7-6-8-10-20(16)17(22)15-12-19-21(13-15)18(3,4)5/h12-14,16H,6-11H2,1-5H3/t16-/m0/s1. The van der Waals surface area contributed by atoms with Crippen molar-refractivity contribution >= 4 is 5.91 Å². The van der Waals surface area contributed by atoms with Crippen molar-refractivity contribution in [3.05, 3.63) is 18.0 Å². The molecule has 1 aliphatic heterocycles. The predicted octanol–water partition coefficient (Wildman–Crippen LogP) is 4.07. The Labute approximate surface area is 134 Å². The third kappa shape index (κ3) is 4.11. The zero-order valence-electron chi connectivity index (χ0n) is 14.8. The highest BCUT2D eigenvalue weighted by atomic mass is 16.2. The lowest BCUT2D eigenvalue weighted by atomic mass is 9.98. The Morgan fingerprint density at radius 3 is 2.64 bits per heavy atom. The van der Waals surface area contributed by atoms with Crippen LogP contribution in [0.5, 0.6) is 0 Å². The highest BCUT2D eigenvalue weighted by Crippen LogP contribution is 2.24. The molecule has 0 spiro atoms. The molecule has 1 aromatic rings. The van der Waals surface area contributed by atoms with E-state index >= 15 is 0 Å². The van der Waals surface area contributed by atoms with Crippen LogP contribution in [0.3, 0.4) is 0 Å². The second-order valence-corrected chi connectivity index (χ2v) is 7.98. The molecule has 0 saturated carbocycles. The number of rotatable bonds is 3. The molecule has 1 atom stereocenters. The van der Waals surface area contributed by atoms with Crippen LogP contribution in [0.2, 0.25) is 0 Å². The number of aromatic nitrogens is 2. The van der Waals surface area contributed by atoms with Gasteiger partial charge >= 0.3 is 0 Å². The van der Waals surface area contributed by atoms with Gasteiger partial charge in [0.15, 0.2) is 0 Å². The van der Waals surface area contributed by atoms with E-state index in [1.165, 1.54) is 12.8 Å². The summed E-state index contributed by atoms with van der Waals surface area (Å²) in [5.74, 6) is 0.777. The van der Waals surface area contributed by atoms with Crippen LogP contribution in [-0.2, 0) is 5.54 Å². The average molecular weight is 305 g/mol. The Balaban J connectivity index is 2.18. The van der Waals surface area contributed by atoms with Gasteiger partial charge in [-0.3, -0.25) is 9.48 Å². The van der Waals surface area contributed by atoms with E-state index in [1.54, 1.807) is 6.20 Å². The molecule has 0 bridgehead atoms. The zero-order chi connectivity index (χ0) is 16.3. The first kappa shape index (κ1) is 17.0. The summed E-state index contributed by atoms with van der Waals surface area (Å²) in [6.07, 6.45) is 9.46. The first-order valence-electron chi connectivity index (χ1n) is 8.65. The molecule has 0 radical (unpaired) electrons. The van der Waals surface area contributed by atoms with E-state index in [-0.39, 0.29) is 11.4 Å². The average Bonchev–Trinajstić information content (AvgIpc) is 2.80. The van der Waals surface area contributed by atoms with Gasteiger partial charge in [0.25, 0.3) is 5.91 Å². The van der Waals surface area contributed by atoms with Crippen molar-refractivity contribution in [2.75, 3.05) is 6.54 Å². The van der Waals surface area contributed by atoms with E-state index in [9.17, 15) is 4.79 Å². The summed E-state index contributed by atoms with van der Waals surface area (Å²) in [6.45, 7) is 11.7. The Bertz CT molecular complexity index is 499. The first-order chi connectivity index (χ1) is 10.3. The lowest BCUT2D eigenvalue weighted by Gasteiger charge is -2.31. The third-order valence-electron chi connectivity index (χ3n) is 4.40. The minimum Gasteiger partial charge on any atom is -0.336 e. The minimum atomic E-state index is -0.0886. The van der Waals surface area contributed by atoms with Crippen LogP contribution < -0.4 is 0 Å². The van der Waals surface area contributed by atoms with Crippen LogP contribution >= 0.6 is 0 Å². The van der Waals surface area contributed by atoms with Gasteiger partial charge in [0.05, 0.1) is 17.3 Å². The summed E-state index contributed by atoms with van der Waals surface area (Å²) in [5.41, 5.74) is 0.639. The van der Waals surface area contributed by atoms with E-state index in [4.69, 9.17) is 0 Å². The molecule has 0 N–H and O–H groups in total. The highest BCUT2D eigenvalue weighted by molar-refractivity contribution is 5.94. The molecule has 1 fully saturated rings. The summed E-state index contributed by atoms with van der Waals surface area (Å²) in [5, 5.41) is 4.38. The predicted molar refractivity (Wildman–Crippen MR) is 90.0 cm³/mol. The van der Waals surface area contributed by atoms with Gasteiger partial charge in [-0.25, -0.2) is 0 Å². The van der Waals surface area contributed by atoms with Crippen LogP contribution in [0.1, 0.15) is 77.1 Å². The molecular formula is C18H31N3O. The van der Waals surface area contributed by atoms with E-state index < -0.39 is 0 Å². The van der Waals surface area contributed by atoms with E-state index in [0.717, 1.165) is 31.4 Å². The molecule has 0 aromatic carbocycles. The van der Waals surface area contributed by atoms with E-state index in [1.807, 2.05) is 10.9 Å². The molecule has 2 rings (SSSR count). The van der Waals surface area contributed by atoms with E-state index in [0.29, 0.717) is 12.0 Å². The van der Waals surface area contributed by atoms with Crippen LogP contribution in [0.15, 0.2) is 12.4 Å². The van der Waals surface area contributed by atoms with Gasteiger partial charge in [-0.15, -0.1) is 0 Å². The molecule has 2 heterocycles. The zero-order valence-corrected chi connectivity index (χ0v) is 14.8. The van der Waals surface area contributed by atoms with Crippen LogP contribution in [-0.4, -0.2) is 33.2 Å². The number of carbonyl (C=O) groups excluding carboxylic acids is 1. The molecular weight excluding hydrogens is 274 g/mol. The molecule has 1 saturated heterocycles. The van der Waals surface area contributed by atoms with Crippen molar-refractivity contribution in [2.45, 2.75) is 78.3 Å². The van der Waals surface area contributed by atoms with Gasteiger partial charge in [0.1, 0.15) is 0 Å². The van der Waals surface area contributed by atoms with Crippen molar-refractivity contribution in [1.29, 1.82) is 0 Å². The number of hydrogen-bond acceptors (Lipinski definition) is 2. The topological polar surface area (TPSA) is 38.1 Å². The van der Waals surface area contributed by atoms with E-state index in [2.05, 4.69) is 44.6 Å². The lowest BCUT2D eigenvalue weighted by Crippen LogP contribution is -2.40. The van der Waals surface area contributed by atoms with Crippen LogP contribution in [0.25, 0.3) is 0 Å². The SMILES string of the molecule is CC(C)C[C@@H]1CCCCCN1C(=O)c1cnn(C(C)(C)C)c1. The van der Waals surface area contributed by atoms with Crippen molar-refractivity contribution in [3.63, 3.8) is 0 Å². The smallest absolute Gasteiger partial charge is 0.257 e. The van der Waals surface area contributed by atoms with Gasteiger partial charge in [0, 0.05) is 18.8 Å². The monoisotopic (exact) mass is 305 g/mol. The van der Waals surface area contributed by atoms with Gasteiger partial charge in [-0.2, -0.15) is 5.10 Å². The number of carbonyl (C=O) groups is 1. The fourth-order valence-corrected chi connectivity index (χ4v) is 3.20. The maximum absolute atomic E-state index is 13.0. The third-order valence-corrected chi connectivity index (χ3v) is 4.40. The van der Waals surface area contributed by atoms with Gasteiger partial charge in [-0.1, -0.05) is 26.7 Å². The molecule has 1 aromatic heterocycles. The van der Waals surface area contributed by atoms with Gasteiger partial charge in [0.2, 0.25) is 0 Å². The van der Waals surface area contributed by atoms with Crippen LogP contribution in [0.4, 0.5) is 0 Å². The molecule has 0 aliphatic carbocycles. The Morgan fingerprint density at radius 2 is 2.05 bits per heavy atom. The maximum atomic E-state index is 13.0. The van der Waals surface area contributed by atoms with Gasteiger partial charge < -0.3 is 4.90 Å². The Hall–Kier alpha value is -1.32. The molecule has 1 aliphatic rings. The fraction of sp³-hybridized carbons (Fsp3) is 0.778. The quantitative estimate of drug-likeness (QED) is 0.844. The summed E-state index contributed by atoms with van der Waals surface area (Å²) in [6, 6.07) is 0.382. The summed E-state index contributed by atoms with van der Waals surface area (Å²) in [4.78, 5) is 15.1. The fourth-order valence-electron chi connectivity index (χ4n) is 3.20. The number of likely N-dealkylation sites (tertiary alicyclic amines) is 1. The highest BCUT2D eigenvalue weighted by Gasteiger charge is 2.28. The molecule has 4 nitrogen and oxygen atoms in total. The normalized spacial score (nSPS) is 20.3. The summed E-state index contributed by atoms with van der Waals surface area (Å²) in [7, 11) is 0. The first-order valence-corrected chi connectivity index (χ1v) is 8.65. The summed E-state index contributed by atoms with van der Waals surface area (Å²) >= 11 is 0. The molecule has 124 valence electrons. The van der Waals surface area contributed by atoms with Crippen molar-refractivity contribution in [3.8, 4) is 0 Å². The molecule has 22 heavy (non-hydrogen) atoms. The Morgan fingerprint density at radius 1 is 1.32 bits per heavy atom. The largest absolute Gasteiger partial charge is 0.336 e. The second kappa shape index (κ2) is 6.84.